The lowest BCUT2D eigenvalue weighted by Gasteiger charge is -2.14. The largest absolute Gasteiger partial charge is 0.439 e. The van der Waals surface area contributed by atoms with E-state index in [0.29, 0.717) is 5.88 Å². The second kappa shape index (κ2) is 6.23. The zero-order chi connectivity index (χ0) is 14.5. The molecule has 0 aliphatic heterocycles. The van der Waals surface area contributed by atoms with Crippen LogP contribution in [0.5, 0.6) is 11.6 Å². The molecule has 0 saturated carbocycles. The van der Waals surface area contributed by atoms with Crippen LogP contribution in [0.4, 0.5) is 11.5 Å². The molecule has 1 aromatic carbocycles. The monoisotopic (exact) mass is 272 g/mol. The Morgan fingerprint density at radius 3 is 2.65 bits per heavy atom. The fourth-order valence-electron chi connectivity index (χ4n) is 1.76. The number of hydrogen-bond acceptors (Lipinski definition) is 5. The van der Waals surface area contributed by atoms with E-state index in [1.807, 2.05) is 57.2 Å². The maximum atomic E-state index is 5.84. The molecule has 20 heavy (non-hydrogen) atoms. The van der Waals surface area contributed by atoms with Crippen LogP contribution in [0, 0.1) is 0 Å². The van der Waals surface area contributed by atoms with E-state index in [1.54, 1.807) is 6.07 Å². The quantitative estimate of drug-likeness (QED) is 0.907. The maximum absolute atomic E-state index is 5.84. The minimum atomic E-state index is 0.553. The first-order chi connectivity index (χ1) is 9.62. The Kier molecular flexibility index (Phi) is 4.40. The second-order valence-corrected chi connectivity index (χ2v) is 4.61. The first-order valence-corrected chi connectivity index (χ1v) is 6.63. The number of ether oxygens (including phenoxy) is 1. The first-order valence-electron chi connectivity index (χ1n) is 6.63. The highest BCUT2D eigenvalue weighted by Crippen LogP contribution is 2.25. The summed E-state index contributed by atoms with van der Waals surface area (Å²) in [5.41, 5.74) is 1.08. The van der Waals surface area contributed by atoms with E-state index in [-0.39, 0.29) is 0 Å². The summed E-state index contributed by atoms with van der Waals surface area (Å²) in [6.07, 6.45) is 0.767. The summed E-state index contributed by atoms with van der Waals surface area (Å²) < 4.78 is 5.84. The van der Waals surface area contributed by atoms with E-state index in [0.717, 1.165) is 29.5 Å². The zero-order valence-corrected chi connectivity index (χ0v) is 12.3. The molecule has 0 radical (unpaired) electrons. The van der Waals surface area contributed by atoms with Gasteiger partial charge in [0.15, 0.2) is 0 Å². The van der Waals surface area contributed by atoms with Gasteiger partial charge in [-0.15, -0.1) is 0 Å². The predicted molar refractivity (Wildman–Crippen MR) is 81.8 cm³/mol. The van der Waals surface area contributed by atoms with E-state index in [1.165, 1.54) is 0 Å². The predicted octanol–water partition coefficient (Wildman–Crippen LogP) is 2.94. The van der Waals surface area contributed by atoms with Crippen molar-refractivity contribution in [3.05, 3.63) is 36.2 Å². The van der Waals surface area contributed by atoms with Gasteiger partial charge in [0, 0.05) is 45.4 Å². The molecule has 0 spiro atoms. The summed E-state index contributed by atoms with van der Waals surface area (Å²) in [4.78, 5) is 10.8. The lowest BCUT2D eigenvalue weighted by atomic mass is 10.3. The molecule has 1 N–H and O–H groups in total. The molecule has 0 unspecified atom stereocenters. The molecule has 1 heterocycles. The summed E-state index contributed by atoms with van der Waals surface area (Å²) in [6.45, 7) is 2.02. The molecule has 0 aliphatic rings. The normalized spacial score (nSPS) is 10.2. The highest BCUT2D eigenvalue weighted by atomic mass is 16.5. The van der Waals surface area contributed by atoms with Crippen molar-refractivity contribution in [3.8, 4) is 11.6 Å². The van der Waals surface area contributed by atoms with Gasteiger partial charge in [-0.3, -0.25) is 0 Å². The highest BCUT2D eigenvalue weighted by Gasteiger charge is 2.06. The van der Waals surface area contributed by atoms with Gasteiger partial charge in [-0.25, -0.2) is 4.98 Å². The Bertz CT molecular complexity index is 562. The first kappa shape index (κ1) is 14.1. The molecule has 0 aliphatic carbocycles. The van der Waals surface area contributed by atoms with Crippen molar-refractivity contribution in [1.29, 1.82) is 0 Å². The topological polar surface area (TPSA) is 50.3 Å². The van der Waals surface area contributed by atoms with Crippen LogP contribution in [0.2, 0.25) is 0 Å². The van der Waals surface area contributed by atoms with Crippen LogP contribution in [0.25, 0.3) is 0 Å². The van der Waals surface area contributed by atoms with Crippen LogP contribution in [0.15, 0.2) is 30.3 Å². The number of nitrogens with one attached hydrogen (secondary N) is 1. The number of aromatic nitrogens is 2. The van der Waals surface area contributed by atoms with Crippen LogP contribution in [0.3, 0.4) is 0 Å². The van der Waals surface area contributed by atoms with Crippen molar-refractivity contribution < 1.29 is 4.74 Å². The van der Waals surface area contributed by atoms with Gasteiger partial charge in [-0.05, 0) is 12.1 Å². The van der Waals surface area contributed by atoms with Gasteiger partial charge in [0.1, 0.15) is 17.4 Å². The standard InChI is InChI=1S/C15H20N4O/c1-5-13-17-14(16-2)10-15(18-13)20-12-8-6-7-11(9-12)19(3)4/h6-10H,5H2,1-4H3,(H,16,17,18). The van der Waals surface area contributed by atoms with Crippen LogP contribution < -0.4 is 15.0 Å². The van der Waals surface area contributed by atoms with E-state index in [9.17, 15) is 0 Å². The Morgan fingerprint density at radius 2 is 2.00 bits per heavy atom. The van der Waals surface area contributed by atoms with Crippen molar-refractivity contribution >= 4 is 11.5 Å². The SMILES string of the molecule is CCc1nc(NC)cc(Oc2cccc(N(C)C)c2)n1. The Balaban J connectivity index is 2.27. The van der Waals surface area contributed by atoms with Crippen molar-refractivity contribution in [3.63, 3.8) is 0 Å². The smallest absolute Gasteiger partial charge is 0.224 e. The second-order valence-electron chi connectivity index (χ2n) is 4.61. The molecular weight excluding hydrogens is 252 g/mol. The molecule has 0 fully saturated rings. The van der Waals surface area contributed by atoms with Crippen LogP contribution in [-0.2, 0) is 6.42 Å². The number of rotatable bonds is 5. The third-order valence-corrected chi connectivity index (χ3v) is 2.88. The molecule has 5 heteroatoms. The third-order valence-electron chi connectivity index (χ3n) is 2.88. The molecule has 1 aromatic heterocycles. The van der Waals surface area contributed by atoms with Gasteiger partial charge < -0.3 is 15.0 Å². The third kappa shape index (κ3) is 3.38. The lowest BCUT2D eigenvalue weighted by molar-refractivity contribution is 0.459. The van der Waals surface area contributed by atoms with E-state index in [4.69, 9.17) is 4.74 Å². The molecule has 0 bridgehead atoms. The minimum absolute atomic E-state index is 0.553. The number of anilines is 2. The van der Waals surface area contributed by atoms with Crippen molar-refractivity contribution in [1.82, 2.24) is 9.97 Å². The summed E-state index contributed by atoms with van der Waals surface area (Å²) in [5, 5.41) is 3.02. The van der Waals surface area contributed by atoms with Crippen molar-refractivity contribution in [2.24, 2.45) is 0 Å². The fraction of sp³-hybridized carbons (Fsp3) is 0.333. The molecule has 5 nitrogen and oxygen atoms in total. The van der Waals surface area contributed by atoms with Crippen LogP contribution >= 0.6 is 0 Å². The summed E-state index contributed by atoms with van der Waals surface area (Å²) >= 11 is 0. The van der Waals surface area contributed by atoms with E-state index >= 15 is 0 Å². The average molecular weight is 272 g/mol. The lowest BCUT2D eigenvalue weighted by Crippen LogP contribution is -2.08. The molecule has 106 valence electrons. The summed E-state index contributed by atoms with van der Waals surface area (Å²) in [7, 11) is 5.83. The Hall–Kier alpha value is -2.30. The summed E-state index contributed by atoms with van der Waals surface area (Å²) in [6, 6.07) is 9.68. The molecular formula is C15H20N4O. The molecule has 2 aromatic rings. The van der Waals surface area contributed by atoms with Crippen molar-refractivity contribution in [2.45, 2.75) is 13.3 Å². The highest BCUT2D eigenvalue weighted by molar-refractivity contribution is 5.50. The van der Waals surface area contributed by atoms with Gasteiger partial charge in [-0.1, -0.05) is 13.0 Å². The van der Waals surface area contributed by atoms with Gasteiger partial charge in [-0.2, -0.15) is 4.98 Å². The van der Waals surface area contributed by atoms with Gasteiger partial charge >= 0.3 is 0 Å². The molecule has 0 saturated heterocycles. The average Bonchev–Trinajstić information content (AvgIpc) is 2.47. The Morgan fingerprint density at radius 1 is 1.20 bits per heavy atom. The van der Waals surface area contributed by atoms with Gasteiger partial charge in [0.05, 0.1) is 0 Å². The molecule has 2 rings (SSSR count). The molecule has 0 atom stereocenters. The number of benzene rings is 1. The van der Waals surface area contributed by atoms with E-state index < -0.39 is 0 Å². The fourth-order valence-corrected chi connectivity index (χ4v) is 1.76. The number of hydrogen-bond donors (Lipinski definition) is 1. The minimum Gasteiger partial charge on any atom is -0.439 e. The number of aryl methyl sites for hydroxylation is 1. The van der Waals surface area contributed by atoms with Gasteiger partial charge in [0.25, 0.3) is 0 Å². The van der Waals surface area contributed by atoms with Crippen LogP contribution in [0.1, 0.15) is 12.7 Å². The zero-order valence-electron chi connectivity index (χ0n) is 12.3. The maximum Gasteiger partial charge on any atom is 0.224 e. The van der Waals surface area contributed by atoms with E-state index in [2.05, 4.69) is 15.3 Å². The number of nitrogens with zero attached hydrogens (tertiary/aromatic N) is 3. The molecule has 0 amide bonds. The van der Waals surface area contributed by atoms with Crippen LogP contribution in [-0.4, -0.2) is 31.1 Å². The summed E-state index contributed by atoms with van der Waals surface area (Å²) in [5.74, 6) is 2.84. The van der Waals surface area contributed by atoms with Gasteiger partial charge in [0.2, 0.25) is 5.88 Å². The Labute approximate surface area is 119 Å². The van der Waals surface area contributed by atoms with Crippen molar-refractivity contribution in [2.75, 3.05) is 31.4 Å².